The fourth-order valence-electron chi connectivity index (χ4n) is 1.50. The van der Waals surface area contributed by atoms with E-state index >= 15 is 0 Å². The maximum absolute atomic E-state index is 9.69. The lowest BCUT2D eigenvalue weighted by molar-refractivity contribution is 0.456. The number of nitrogens with two attached hydrogens (primary N) is 2. The normalized spacial score (nSPS) is 12.7. The standard InChI is InChI=1S/C11H17ClN2O/c12-9-5-3-4-8(11(9)15)10(14)6-1-2-7-13/h3-5,10,15H,1-2,6-7,13-14H2/t10-/m1/s1. The van der Waals surface area contributed by atoms with Gasteiger partial charge in [-0.3, -0.25) is 0 Å². The van der Waals surface area contributed by atoms with Crippen LogP contribution in [0.5, 0.6) is 5.75 Å². The third-order valence-electron chi connectivity index (χ3n) is 2.39. The average molecular weight is 229 g/mol. The first-order valence-corrected chi connectivity index (χ1v) is 5.47. The number of rotatable bonds is 5. The summed E-state index contributed by atoms with van der Waals surface area (Å²) in [7, 11) is 0. The highest BCUT2D eigenvalue weighted by Gasteiger charge is 2.12. The minimum atomic E-state index is -0.171. The van der Waals surface area contributed by atoms with E-state index in [0.717, 1.165) is 19.3 Å². The van der Waals surface area contributed by atoms with Crippen molar-refractivity contribution in [2.24, 2.45) is 11.5 Å². The minimum absolute atomic E-state index is 0.0967. The van der Waals surface area contributed by atoms with E-state index < -0.39 is 0 Å². The molecule has 0 aliphatic heterocycles. The second-order valence-corrected chi connectivity index (χ2v) is 3.98. The van der Waals surface area contributed by atoms with Crippen molar-refractivity contribution in [1.29, 1.82) is 0 Å². The number of hydrogen-bond donors (Lipinski definition) is 3. The van der Waals surface area contributed by atoms with E-state index in [4.69, 9.17) is 23.1 Å². The fraction of sp³-hybridized carbons (Fsp3) is 0.455. The predicted octanol–water partition coefficient (Wildman–Crippen LogP) is 2.17. The third-order valence-corrected chi connectivity index (χ3v) is 2.69. The van der Waals surface area contributed by atoms with Crippen LogP contribution in [-0.4, -0.2) is 11.7 Å². The molecule has 5 N–H and O–H groups in total. The maximum atomic E-state index is 9.69. The Morgan fingerprint density at radius 1 is 1.33 bits per heavy atom. The lowest BCUT2D eigenvalue weighted by atomic mass is 10.0. The van der Waals surface area contributed by atoms with Crippen LogP contribution in [0.4, 0.5) is 0 Å². The first kappa shape index (κ1) is 12.3. The summed E-state index contributed by atoms with van der Waals surface area (Å²) in [5, 5.41) is 10.0. The van der Waals surface area contributed by atoms with Crippen LogP contribution in [0, 0.1) is 0 Å². The number of para-hydroxylation sites is 1. The molecule has 0 unspecified atom stereocenters. The predicted molar refractivity (Wildman–Crippen MR) is 63.0 cm³/mol. The Bertz CT molecular complexity index is 317. The molecule has 1 aromatic rings. The first-order chi connectivity index (χ1) is 7.16. The maximum Gasteiger partial charge on any atom is 0.138 e. The number of benzene rings is 1. The smallest absolute Gasteiger partial charge is 0.138 e. The quantitative estimate of drug-likeness (QED) is 0.677. The van der Waals surface area contributed by atoms with Gasteiger partial charge in [-0.05, 0) is 25.5 Å². The molecule has 1 rings (SSSR count). The molecular formula is C11H17ClN2O. The molecule has 0 saturated heterocycles. The molecule has 1 atom stereocenters. The van der Waals surface area contributed by atoms with Gasteiger partial charge in [0.05, 0.1) is 5.02 Å². The summed E-state index contributed by atoms with van der Waals surface area (Å²) >= 11 is 5.79. The lowest BCUT2D eigenvalue weighted by Gasteiger charge is -2.13. The van der Waals surface area contributed by atoms with Gasteiger partial charge in [0.2, 0.25) is 0 Å². The van der Waals surface area contributed by atoms with Crippen molar-refractivity contribution in [2.75, 3.05) is 6.54 Å². The molecule has 1 aromatic carbocycles. The van der Waals surface area contributed by atoms with Gasteiger partial charge in [-0.1, -0.05) is 30.2 Å². The molecule has 3 nitrogen and oxygen atoms in total. The molecule has 0 bridgehead atoms. The topological polar surface area (TPSA) is 72.3 Å². The van der Waals surface area contributed by atoms with E-state index in [2.05, 4.69) is 0 Å². The first-order valence-electron chi connectivity index (χ1n) is 5.10. The van der Waals surface area contributed by atoms with E-state index in [9.17, 15) is 5.11 Å². The van der Waals surface area contributed by atoms with Crippen molar-refractivity contribution in [1.82, 2.24) is 0 Å². The van der Waals surface area contributed by atoms with Crippen molar-refractivity contribution in [2.45, 2.75) is 25.3 Å². The van der Waals surface area contributed by atoms with E-state index in [0.29, 0.717) is 17.1 Å². The lowest BCUT2D eigenvalue weighted by Crippen LogP contribution is -2.11. The molecule has 4 heteroatoms. The molecule has 0 radical (unpaired) electrons. The van der Waals surface area contributed by atoms with Gasteiger partial charge in [-0.15, -0.1) is 0 Å². The Labute approximate surface area is 95.0 Å². The number of phenolic OH excluding ortho intramolecular Hbond substituents is 1. The molecule has 15 heavy (non-hydrogen) atoms. The summed E-state index contributed by atoms with van der Waals surface area (Å²) in [6.45, 7) is 0.675. The molecular weight excluding hydrogens is 212 g/mol. The number of aromatic hydroxyl groups is 1. The summed E-state index contributed by atoms with van der Waals surface area (Å²) in [4.78, 5) is 0. The molecule has 0 saturated carbocycles. The van der Waals surface area contributed by atoms with Crippen LogP contribution in [-0.2, 0) is 0 Å². The van der Waals surface area contributed by atoms with Gasteiger partial charge >= 0.3 is 0 Å². The van der Waals surface area contributed by atoms with Crippen LogP contribution in [0.3, 0.4) is 0 Å². The zero-order valence-corrected chi connectivity index (χ0v) is 9.37. The Balaban J connectivity index is 2.65. The zero-order chi connectivity index (χ0) is 11.3. The average Bonchev–Trinajstić information content (AvgIpc) is 2.22. The Hall–Kier alpha value is -0.770. The number of phenols is 1. The summed E-state index contributed by atoms with van der Waals surface area (Å²) < 4.78 is 0. The molecule has 0 heterocycles. The summed E-state index contributed by atoms with van der Waals surface area (Å²) in [5.41, 5.74) is 12.1. The van der Waals surface area contributed by atoms with Crippen molar-refractivity contribution < 1.29 is 5.11 Å². The largest absolute Gasteiger partial charge is 0.506 e. The molecule has 0 aromatic heterocycles. The number of unbranched alkanes of at least 4 members (excludes halogenated alkanes) is 1. The molecule has 0 amide bonds. The van der Waals surface area contributed by atoms with E-state index in [1.807, 2.05) is 0 Å². The molecule has 0 spiro atoms. The summed E-state index contributed by atoms with van der Waals surface area (Å²) in [5.74, 6) is 0.0967. The van der Waals surface area contributed by atoms with Gasteiger partial charge in [0, 0.05) is 11.6 Å². The van der Waals surface area contributed by atoms with Gasteiger partial charge in [-0.25, -0.2) is 0 Å². The Morgan fingerprint density at radius 2 is 2.07 bits per heavy atom. The second-order valence-electron chi connectivity index (χ2n) is 3.57. The molecule has 0 fully saturated rings. The van der Waals surface area contributed by atoms with Gasteiger partial charge in [-0.2, -0.15) is 0 Å². The summed E-state index contributed by atoms with van der Waals surface area (Å²) in [6, 6.07) is 5.07. The van der Waals surface area contributed by atoms with Crippen molar-refractivity contribution >= 4 is 11.6 Å². The van der Waals surface area contributed by atoms with E-state index in [1.165, 1.54) is 0 Å². The number of halogens is 1. The fourth-order valence-corrected chi connectivity index (χ4v) is 1.68. The minimum Gasteiger partial charge on any atom is -0.506 e. The Morgan fingerprint density at radius 3 is 2.73 bits per heavy atom. The highest BCUT2D eigenvalue weighted by Crippen LogP contribution is 2.32. The van der Waals surface area contributed by atoms with Gasteiger partial charge < -0.3 is 16.6 Å². The van der Waals surface area contributed by atoms with Crippen molar-refractivity contribution in [3.63, 3.8) is 0 Å². The molecule has 0 aliphatic carbocycles. The van der Waals surface area contributed by atoms with Crippen LogP contribution in [0.15, 0.2) is 18.2 Å². The van der Waals surface area contributed by atoms with Crippen LogP contribution in [0.25, 0.3) is 0 Å². The van der Waals surface area contributed by atoms with Crippen molar-refractivity contribution in [3.8, 4) is 5.75 Å². The SMILES string of the molecule is NCCCC[C@@H](N)c1cccc(Cl)c1O. The summed E-state index contributed by atoms with van der Waals surface area (Å²) in [6.07, 6.45) is 2.73. The molecule has 0 aliphatic rings. The van der Waals surface area contributed by atoms with E-state index in [1.54, 1.807) is 18.2 Å². The van der Waals surface area contributed by atoms with Crippen LogP contribution in [0.1, 0.15) is 30.9 Å². The highest BCUT2D eigenvalue weighted by molar-refractivity contribution is 6.32. The zero-order valence-electron chi connectivity index (χ0n) is 8.62. The van der Waals surface area contributed by atoms with Crippen molar-refractivity contribution in [3.05, 3.63) is 28.8 Å². The monoisotopic (exact) mass is 228 g/mol. The van der Waals surface area contributed by atoms with Gasteiger partial charge in [0.1, 0.15) is 5.75 Å². The highest BCUT2D eigenvalue weighted by atomic mass is 35.5. The Kier molecular flexibility index (Phi) is 4.88. The van der Waals surface area contributed by atoms with E-state index in [-0.39, 0.29) is 11.8 Å². The second kappa shape index (κ2) is 5.95. The van der Waals surface area contributed by atoms with Crippen LogP contribution < -0.4 is 11.5 Å². The van der Waals surface area contributed by atoms with Gasteiger partial charge in [0.25, 0.3) is 0 Å². The third kappa shape index (κ3) is 3.38. The van der Waals surface area contributed by atoms with Crippen LogP contribution >= 0.6 is 11.6 Å². The number of hydrogen-bond acceptors (Lipinski definition) is 3. The van der Waals surface area contributed by atoms with Crippen LogP contribution in [0.2, 0.25) is 5.02 Å². The molecule has 84 valence electrons. The van der Waals surface area contributed by atoms with Gasteiger partial charge in [0.15, 0.2) is 0 Å².